The lowest BCUT2D eigenvalue weighted by molar-refractivity contribution is -0.0282. The number of nitrogens with zero attached hydrogens (tertiary/aromatic N) is 1. The van der Waals surface area contributed by atoms with Crippen molar-refractivity contribution in [3.63, 3.8) is 0 Å². The van der Waals surface area contributed by atoms with Crippen molar-refractivity contribution in [3.8, 4) is 5.75 Å². The Morgan fingerprint density at radius 2 is 1.83 bits per heavy atom. The maximum Gasteiger partial charge on any atom is 0.127 e. The summed E-state index contributed by atoms with van der Waals surface area (Å²) in [6.45, 7) is 10.0. The largest absolute Gasteiger partial charge is 0.488 e. The molecule has 29 heavy (non-hydrogen) atoms. The molecule has 0 aromatic heterocycles. The molecule has 0 saturated carbocycles. The van der Waals surface area contributed by atoms with Crippen LogP contribution in [0.3, 0.4) is 0 Å². The molecule has 0 aliphatic carbocycles. The van der Waals surface area contributed by atoms with Crippen molar-refractivity contribution in [2.24, 2.45) is 0 Å². The molecule has 3 rings (SSSR count). The quantitative estimate of drug-likeness (QED) is 0.405. The van der Waals surface area contributed by atoms with E-state index >= 15 is 0 Å². The van der Waals surface area contributed by atoms with Crippen LogP contribution in [0.4, 0.5) is 0 Å². The van der Waals surface area contributed by atoms with Crippen LogP contribution in [0.2, 0.25) is 0 Å². The van der Waals surface area contributed by atoms with E-state index in [2.05, 4.69) is 81.0 Å². The first kappa shape index (κ1) is 22.0. The maximum absolute atomic E-state index is 6.08. The van der Waals surface area contributed by atoms with E-state index in [4.69, 9.17) is 9.47 Å². The zero-order valence-electron chi connectivity index (χ0n) is 18.2. The first-order valence-electron chi connectivity index (χ1n) is 10.5. The average molecular weight is 412 g/mol. The molecule has 156 valence electrons. The number of fused-ring (bicyclic) bond motifs is 2. The molecule has 2 aromatic rings. The minimum atomic E-state index is -0.114. The van der Waals surface area contributed by atoms with Crippen LogP contribution in [0.25, 0.3) is 5.57 Å². The molecule has 1 aliphatic heterocycles. The van der Waals surface area contributed by atoms with Crippen LogP contribution in [0.15, 0.2) is 54.6 Å². The highest BCUT2D eigenvalue weighted by Crippen LogP contribution is 2.36. The summed E-state index contributed by atoms with van der Waals surface area (Å²) in [4.78, 5) is 2.37. The highest BCUT2D eigenvalue weighted by molar-refractivity contribution is 7.37. The summed E-state index contributed by atoms with van der Waals surface area (Å²) in [6.07, 6.45) is 4.51. The minimum absolute atomic E-state index is 0.114. The van der Waals surface area contributed by atoms with Gasteiger partial charge < -0.3 is 14.4 Å². The Morgan fingerprint density at radius 1 is 1.10 bits per heavy atom. The predicted octanol–water partition coefficient (Wildman–Crippen LogP) is 5.44. The normalized spacial score (nSPS) is 15.4. The first-order chi connectivity index (χ1) is 14.0. The second kappa shape index (κ2) is 10.4. The zero-order valence-corrected chi connectivity index (χ0v) is 19.2. The van der Waals surface area contributed by atoms with Gasteiger partial charge in [0.05, 0.1) is 12.2 Å². The van der Waals surface area contributed by atoms with Gasteiger partial charge >= 0.3 is 0 Å². The van der Waals surface area contributed by atoms with Crippen LogP contribution in [0.1, 0.15) is 37.0 Å². The first-order valence-corrected chi connectivity index (χ1v) is 12.2. The van der Waals surface area contributed by atoms with Gasteiger partial charge in [-0.05, 0) is 62.9 Å². The summed E-state index contributed by atoms with van der Waals surface area (Å²) < 4.78 is 12.2. The highest BCUT2D eigenvalue weighted by Gasteiger charge is 2.21. The smallest absolute Gasteiger partial charge is 0.127 e. The van der Waals surface area contributed by atoms with Gasteiger partial charge in [0.15, 0.2) is 0 Å². The molecule has 2 aromatic carbocycles. The maximum atomic E-state index is 6.08. The van der Waals surface area contributed by atoms with Gasteiger partial charge in [-0.25, -0.2) is 0 Å². The lowest BCUT2D eigenvalue weighted by Gasteiger charge is -2.30. The van der Waals surface area contributed by atoms with Crippen molar-refractivity contribution in [2.45, 2.75) is 32.5 Å². The molecule has 0 spiro atoms. The molecular formula is C25H34NO2P. The standard InChI is InChI=1S/C25H34NO2P/c1-25(2,28-16-17-29-4)19-26(3)15-9-13-22-21-11-6-5-10-20(21)18-27-24-14-8-7-12-23(22)24/h5-8,10-14,29H,9,15-19H2,1-4H3/b22-13-. The molecule has 0 N–H and O–H groups in total. The lowest BCUT2D eigenvalue weighted by atomic mass is 9.93. The Balaban J connectivity index is 1.70. The number of rotatable bonds is 9. The van der Waals surface area contributed by atoms with Crippen molar-refractivity contribution in [3.05, 3.63) is 71.3 Å². The Bertz CT molecular complexity index is 782. The van der Waals surface area contributed by atoms with Crippen LogP contribution < -0.4 is 4.74 Å². The number of benzene rings is 2. The second-order valence-corrected chi connectivity index (χ2v) is 9.51. The van der Waals surface area contributed by atoms with Gasteiger partial charge in [0.2, 0.25) is 0 Å². The topological polar surface area (TPSA) is 21.7 Å². The van der Waals surface area contributed by atoms with E-state index in [9.17, 15) is 0 Å². The fourth-order valence-corrected chi connectivity index (χ4v) is 4.18. The monoisotopic (exact) mass is 411 g/mol. The Kier molecular flexibility index (Phi) is 7.89. The molecule has 1 aliphatic rings. The molecule has 0 bridgehead atoms. The van der Waals surface area contributed by atoms with Crippen molar-refractivity contribution < 1.29 is 9.47 Å². The lowest BCUT2D eigenvalue weighted by Crippen LogP contribution is -2.39. The number of likely N-dealkylation sites (N-methyl/N-ethyl adjacent to an activating group) is 1. The zero-order chi connectivity index (χ0) is 20.7. The molecule has 4 heteroatoms. The Morgan fingerprint density at radius 3 is 2.62 bits per heavy atom. The fourth-order valence-electron chi connectivity index (χ4n) is 3.88. The molecular weight excluding hydrogens is 377 g/mol. The number of ether oxygens (including phenoxy) is 2. The van der Waals surface area contributed by atoms with Crippen LogP contribution in [0.5, 0.6) is 5.75 Å². The van der Waals surface area contributed by atoms with Gasteiger partial charge in [-0.2, -0.15) is 0 Å². The molecule has 0 amide bonds. The minimum Gasteiger partial charge on any atom is -0.488 e. The number of para-hydroxylation sites is 1. The van der Waals surface area contributed by atoms with Crippen molar-refractivity contribution in [1.82, 2.24) is 4.90 Å². The molecule has 1 heterocycles. The Labute approximate surface area is 177 Å². The summed E-state index contributed by atoms with van der Waals surface area (Å²) in [7, 11) is 3.14. The third kappa shape index (κ3) is 6.15. The summed E-state index contributed by atoms with van der Waals surface area (Å²) in [5.41, 5.74) is 4.88. The van der Waals surface area contributed by atoms with E-state index in [-0.39, 0.29) is 5.60 Å². The van der Waals surface area contributed by atoms with Crippen LogP contribution >= 0.6 is 8.58 Å². The molecule has 3 nitrogen and oxygen atoms in total. The van der Waals surface area contributed by atoms with Gasteiger partial charge in [-0.1, -0.05) is 48.5 Å². The SMILES string of the molecule is CPCCOC(C)(C)CN(C)CC/C=C1/c2ccccc2COc2ccccc21. The van der Waals surface area contributed by atoms with E-state index in [1.165, 1.54) is 22.3 Å². The third-order valence-electron chi connectivity index (χ3n) is 5.22. The van der Waals surface area contributed by atoms with Gasteiger partial charge in [-0.3, -0.25) is 0 Å². The van der Waals surface area contributed by atoms with Crippen LogP contribution in [0, 0.1) is 0 Å². The van der Waals surface area contributed by atoms with Crippen molar-refractivity contribution in [2.75, 3.05) is 39.6 Å². The number of hydrogen-bond acceptors (Lipinski definition) is 3. The van der Waals surface area contributed by atoms with E-state index in [1.807, 2.05) is 6.07 Å². The summed E-state index contributed by atoms with van der Waals surface area (Å²) >= 11 is 0. The summed E-state index contributed by atoms with van der Waals surface area (Å²) in [6, 6.07) is 16.9. The molecule has 1 atom stereocenters. The van der Waals surface area contributed by atoms with E-state index in [0.29, 0.717) is 6.61 Å². The Hall–Kier alpha value is -1.67. The van der Waals surface area contributed by atoms with Crippen LogP contribution in [-0.2, 0) is 11.3 Å². The van der Waals surface area contributed by atoms with E-state index in [0.717, 1.165) is 46.6 Å². The van der Waals surface area contributed by atoms with Gasteiger partial charge in [-0.15, -0.1) is 8.58 Å². The second-order valence-electron chi connectivity index (χ2n) is 8.30. The summed E-state index contributed by atoms with van der Waals surface area (Å²) in [5, 5.41) is 0. The highest BCUT2D eigenvalue weighted by atomic mass is 31.1. The van der Waals surface area contributed by atoms with E-state index in [1.54, 1.807) is 0 Å². The van der Waals surface area contributed by atoms with E-state index < -0.39 is 0 Å². The van der Waals surface area contributed by atoms with Gasteiger partial charge in [0.1, 0.15) is 12.4 Å². The summed E-state index contributed by atoms with van der Waals surface area (Å²) in [5.74, 6) is 0.967. The van der Waals surface area contributed by atoms with Gasteiger partial charge in [0.25, 0.3) is 0 Å². The fraction of sp³-hybridized carbons (Fsp3) is 0.440. The third-order valence-corrected chi connectivity index (χ3v) is 5.93. The molecule has 0 fully saturated rings. The number of hydrogen-bond donors (Lipinski definition) is 0. The molecule has 1 unspecified atom stereocenters. The van der Waals surface area contributed by atoms with Crippen molar-refractivity contribution >= 4 is 14.2 Å². The molecule has 0 radical (unpaired) electrons. The van der Waals surface area contributed by atoms with Gasteiger partial charge in [0, 0.05) is 18.7 Å². The molecule has 0 saturated heterocycles. The predicted molar refractivity (Wildman–Crippen MR) is 126 cm³/mol. The average Bonchev–Trinajstić information content (AvgIpc) is 2.85. The van der Waals surface area contributed by atoms with Crippen LogP contribution in [-0.4, -0.2) is 50.1 Å². The van der Waals surface area contributed by atoms with Crippen molar-refractivity contribution in [1.29, 1.82) is 0 Å².